The van der Waals surface area contributed by atoms with Gasteiger partial charge in [-0.3, -0.25) is 4.98 Å². The fourth-order valence-electron chi connectivity index (χ4n) is 1.07. The van der Waals surface area contributed by atoms with E-state index < -0.39 is 6.03 Å². The second-order valence-corrected chi connectivity index (χ2v) is 3.04. The molecule has 5 heteroatoms. The van der Waals surface area contributed by atoms with E-state index in [1.54, 1.807) is 6.92 Å². The number of carbonyl (C=O) groups excluding carboxylic acids is 1. The molecule has 1 rings (SSSR count). The van der Waals surface area contributed by atoms with Crippen LogP contribution in [-0.2, 0) is 6.42 Å². The van der Waals surface area contributed by atoms with Crippen LogP contribution in [0.2, 0.25) is 0 Å². The average Bonchev–Trinajstić information content (AvgIpc) is 2.26. The molecule has 2 amide bonds. The fraction of sp³-hybridized carbons (Fsp3) is 0.300. The molecule has 1 aromatic rings. The molecular weight excluding hydrogens is 192 g/mol. The standard InChI is InChI=1S/C10H14N4O/c1-3-8-5-4-6-9(12-8)7(2)13-14-10(11)15/h4-6H,3H2,1-2H3,(H3,11,14,15)/b13-7+. The Balaban J connectivity index is 2.85. The topological polar surface area (TPSA) is 80.4 Å². The average molecular weight is 206 g/mol. The van der Waals surface area contributed by atoms with Crippen molar-refractivity contribution in [2.45, 2.75) is 20.3 Å². The molecular formula is C10H14N4O. The van der Waals surface area contributed by atoms with Crippen molar-refractivity contribution in [1.82, 2.24) is 10.4 Å². The molecule has 0 aromatic carbocycles. The molecule has 80 valence electrons. The minimum atomic E-state index is -0.680. The number of primary amides is 1. The maximum Gasteiger partial charge on any atom is 0.332 e. The van der Waals surface area contributed by atoms with Crippen molar-refractivity contribution in [3.63, 3.8) is 0 Å². The summed E-state index contributed by atoms with van der Waals surface area (Å²) in [6.07, 6.45) is 0.865. The maximum absolute atomic E-state index is 10.4. The van der Waals surface area contributed by atoms with Gasteiger partial charge >= 0.3 is 6.03 Å². The number of amides is 2. The zero-order valence-electron chi connectivity index (χ0n) is 8.82. The molecule has 0 radical (unpaired) electrons. The summed E-state index contributed by atoms with van der Waals surface area (Å²) in [5.74, 6) is 0. The van der Waals surface area contributed by atoms with Gasteiger partial charge in [-0.2, -0.15) is 5.10 Å². The molecule has 3 N–H and O–H groups in total. The lowest BCUT2D eigenvalue weighted by Crippen LogP contribution is -2.25. The highest BCUT2D eigenvalue weighted by molar-refractivity contribution is 5.97. The Morgan fingerprint density at radius 1 is 1.60 bits per heavy atom. The Hall–Kier alpha value is -1.91. The first-order chi connectivity index (χ1) is 7.13. The van der Waals surface area contributed by atoms with Gasteiger partial charge in [0.05, 0.1) is 11.4 Å². The summed E-state index contributed by atoms with van der Waals surface area (Å²) in [7, 11) is 0. The van der Waals surface area contributed by atoms with Crippen molar-refractivity contribution in [1.29, 1.82) is 0 Å². The van der Waals surface area contributed by atoms with Crippen LogP contribution in [0.3, 0.4) is 0 Å². The van der Waals surface area contributed by atoms with Crippen LogP contribution in [0.1, 0.15) is 25.2 Å². The van der Waals surface area contributed by atoms with Crippen LogP contribution in [0.5, 0.6) is 0 Å². The van der Waals surface area contributed by atoms with Crippen LogP contribution in [-0.4, -0.2) is 16.7 Å². The number of nitrogens with zero attached hydrogens (tertiary/aromatic N) is 2. The van der Waals surface area contributed by atoms with Gasteiger partial charge in [0.1, 0.15) is 0 Å². The first-order valence-electron chi connectivity index (χ1n) is 4.69. The van der Waals surface area contributed by atoms with E-state index in [-0.39, 0.29) is 0 Å². The minimum Gasteiger partial charge on any atom is -0.350 e. The summed E-state index contributed by atoms with van der Waals surface area (Å²) in [5.41, 5.74) is 9.42. The lowest BCUT2D eigenvalue weighted by Gasteiger charge is -2.02. The van der Waals surface area contributed by atoms with E-state index in [4.69, 9.17) is 5.73 Å². The molecule has 0 fully saturated rings. The molecule has 0 spiro atoms. The number of hydrogen-bond acceptors (Lipinski definition) is 3. The summed E-state index contributed by atoms with van der Waals surface area (Å²) in [6, 6.07) is 5.00. The second-order valence-electron chi connectivity index (χ2n) is 3.04. The van der Waals surface area contributed by atoms with E-state index in [1.807, 2.05) is 25.1 Å². The Labute approximate surface area is 88.4 Å². The number of aryl methyl sites for hydroxylation is 1. The Bertz CT molecular complexity index is 387. The number of hydrazone groups is 1. The van der Waals surface area contributed by atoms with Crippen molar-refractivity contribution >= 4 is 11.7 Å². The third kappa shape index (κ3) is 3.38. The summed E-state index contributed by atoms with van der Waals surface area (Å²) in [5, 5.41) is 3.80. The van der Waals surface area contributed by atoms with Crippen molar-refractivity contribution in [2.75, 3.05) is 0 Å². The van der Waals surface area contributed by atoms with Crippen LogP contribution in [0, 0.1) is 0 Å². The van der Waals surface area contributed by atoms with Crippen LogP contribution < -0.4 is 11.2 Å². The molecule has 0 aliphatic carbocycles. The highest BCUT2D eigenvalue weighted by Gasteiger charge is 2.00. The quantitative estimate of drug-likeness (QED) is 0.572. The van der Waals surface area contributed by atoms with Gasteiger partial charge in [-0.15, -0.1) is 0 Å². The van der Waals surface area contributed by atoms with E-state index in [0.717, 1.165) is 17.8 Å². The lowest BCUT2D eigenvalue weighted by atomic mass is 10.2. The maximum atomic E-state index is 10.4. The van der Waals surface area contributed by atoms with Gasteiger partial charge in [-0.25, -0.2) is 10.2 Å². The first kappa shape index (κ1) is 11.2. The number of pyridine rings is 1. The number of nitrogens with one attached hydrogen (secondary N) is 1. The van der Waals surface area contributed by atoms with E-state index in [0.29, 0.717) is 5.71 Å². The highest BCUT2D eigenvalue weighted by atomic mass is 16.2. The second kappa shape index (κ2) is 5.09. The van der Waals surface area contributed by atoms with E-state index in [9.17, 15) is 4.79 Å². The lowest BCUT2D eigenvalue weighted by molar-refractivity contribution is 0.249. The van der Waals surface area contributed by atoms with Gasteiger partial charge in [0, 0.05) is 5.69 Å². The number of carbonyl (C=O) groups is 1. The first-order valence-corrected chi connectivity index (χ1v) is 4.69. The molecule has 1 aromatic heterocycles. The predicted molar refractivity (Wildman–Crippen MR) is 58.5 cm³/mol. The van der Waals surface area contributed by atoms with Gasteiger partial charge in [-0.05, 0) is 25.5 Å². The van der Waals surface area contributed by atoms with Gasteiger partial charge in [0.2, 0.25) is 0 Å². The SMILES string of the molecule is CCc1cccc(/C(C)=N/NC(N)=O)n1. The number of rotatable bonds is 3. The molecule has 0 saturated carbocycles. The zero-order chi connectivity index (χ0) is 11.3. The molecule has 0 aliphatic heterocycles. The van der Waals surface area contributed by atoms with Crippen LogP contribution >= 0.6 is 0 Å². The molecule has 0 unspecified atom stereocenters. The third-order valence-electron chi connectivity index (χ3n) is 1.87. The highest BCUT2D eigenvalue weighted by Crippen LogP contribution is 2.01. The predicted octanol–water partition coefficient (Wildman–Crippen LogP) is 1.04. The van der Waals surface area contributed by atoms with Gasteiger partial charge in [0.25, 0.3) is 0 Å². The minimum absolute atomic E-state index is 0.629. The van der Waals surface area contributed by atoms with Crippen LogP contribution in [0.25, 0.3) is 0 Å². The summed E-state index contributed by atoms with van der Waals surface area (Å²) >= 11 is 0. The number of hydrogen-bond donors (Lipinski definition) is 2. The molecule has 5 nitrogen and oxygen atoms in total. The third-order valence-corrected chi connectivity index (χ3v) is 1.87. The zero-order valence-corrected chi connectivity index (χ0v) is 8.82. The van der Waals surface area contributed by atoms with Crippen molar-refractivity contribution < 1.29 is 4.79 Å². The summed E-state index contributed by atoms with van der Waals surface area (Å²) in [6.45, 7) is 3.79. The Kier molecular flexibility index (Phi) is 3.79. The molecule has 0 bridgehead atoms. The monoisotopic (exact) mass is 206 g/mol. The number of urea groups is 1. The van der Waals surface area contributed by atoms with Gasteiger partial charge in [-0.1, -0.05) is 13.0 Å². The number of nitrogens with two attached hydrogens (primary N) is 1. The molecule has 0 saturated heterocycles. The summed E-state index contributed by atoms with van der Waals surface area (Å²) < 4.78 is 0. The van der Waals surface area contributed by atoms with Crippen LogP contribution in [0.15, 0.2) is 23.3 Å². The van der Waals surface area contributed by atoms with E-state index >= 15 is 0 Å². The van der Waals surface area contributed by atoms with Crippen molar-refractivity contribution in [3.8, 4) is 0 Å². The largest absolute Gasteiger partial charge is 0.350 e. The molecule has 0 atom stereocenters. The van der Waals surface area contributed by atoms with Gasteiger partial charge < -0.3 is 5.73 Å². The molecule has 15 heavy (non-hydrogen) atoms. The normalized spacial score (nSPS) is 11.2. The smallest absolute Gasteiger partial charge is 0.332 e. The van der Waals surface area contributed by atoms with Gasteiger partial charge in [0.15, 0.2) is 0 Å². The van der Waals surface area contributed by atoms with Crippen molar-refractivity contribution in [2.24, 2.45) is 10.8 Å². The van der Waals surface area contributed by atoms with Crippen molar-refractivity contribution in [3.05, 3.63) is 29.6 Å². The number of aromatic nitrogens is 1. The van der Waals surface area contributed by atoms with Crippen LogP contribution in [0.4, 0.5) is 4.79 Å². The Morgan fingerprint density at radius 3 is 2.93 bits per heavy atom. The summed E-state index contributed by atoms with van der Waals surface area (Å²) in [4.78, 5) is 14.8. The molecule has 0 aliphatic rings. The fourth-order valence-corrected chi connectivity index (χ4v) is 1.07. The van der Waals surface area contributed by atoms with E-state index in [1.165, 1.54) is 0 Å². The Morgan fingerprint density at radius 2 is 2.33 bits per heavy atom. The van der Waals surface area contributed by atoms with E-state index in [2.05, 4.69) is 15.5 Å². The molecule has 1 heterocycles.